The minimum Gasteiger partial charge on any atom is -0.508 e. The van der Waals surface area contributed by atoms with Crippen LogP contribution in [0.25, 0.3) is 5.82 Å². The van der Waals surface area contributed by atoms with E-state index < -0.39 is 11.8 Å². The number of benzene rings is 2. The lowest BCUT2D eigenvalue weighted by Crippen LogP contribution is -2.22. The molecule has 0 aliphatic rings. The first kappa shape index (κ1) is 22.7. The van der Waals surface area contributed by atoms with E-state index in [1.165, 1.54) is 18.3 Å². The molecule has 0 fully saturated rings. The number of aromatic nitrogens is 5. The zero-order valence-corrected chi connectivity index (χ0v) is 17.8. The van der Waals surface area contributed by atoms with Gasteiger partial charge < -0.3 is 27.0 Å². The van der Waals surface area contributed by atoms with Gasteiger partial charge in [-0.25, -0.2) is 10.1 Å². The number of amides is 2. The minimum absolute atomic E-state index is 0.00551. The Labute approximate surface area is 196 Å². The summed E-state index contributed by atoms with van der Waals surface area (Å²) in [5.74, 6) is -1.86. The van der Waals surface area contributed by atoms with Crippen LogP contribution in [0, 0.1) is 0 Å². The first-order chi connectivity index (χ1) is 16.8. The van der Waals surface area contributed by atoms with Crippen molar-refractivity contribution < 1.29 is 24.4 Å². The highest BCUT2D eigenvalue weighted by Crippen LogP contribution is 2.21. The molecule has 0 unspecified atom stereocenters. The van der Waals surface area contributed by atoms with E-state index in [9.17, 15) is 19.8 Å². The van der Waals surface area contributed by atoms with Crippen LogP contribution in [-0.4, -0.2) is 53.5 Å². The number of phenolic OH excluding ortho intramolecular Hbond substituents is 2. The van der Waals surface area contributed by atoms with E-state index in [2.05, 4.69) is 41.1 Å². The number of primary amides is 1. The molecule has 0 bridgehead atoms. The van der Waals surface area contributed by atoms with E-state index in [-0.39, 0.29) is 52.2 Å². The number of phenols is 2. The summed E-state index contributed by atoms with van der Waals surface area (Å²) in [4.78, 5) is 24.5. The molecule has 178 valence electrons. The zero-order chi connectivity index (χ0) is 24.9. The molecule has 2 aromatic carbocycles. The second kappa shape index (κ2) is 9.57. The molecule has 2 heterocycles. The third-order valence-corrected chi connectivity index (χ3v) is 4.70. The molecule has 35 heavy (non-hydrogen) atoms. The van der Waals surface area contributed by atoms with E-state index in [0.717, 1.165) is 10.7 Å². The van der Waals surface area contributed by atoms with Gasteiger partial charge in [0.2, 0.25) is 11.6 Å². The number of rotatable bonds is 8. The van der Waals surface area contributed by atoms with Crippen molar-refractivity contribution >= 4 is 29.5 Å². The van der Waals surface area contributed by atoms with Crippen LogP contribution < -0.4 is 22.2 Å². The van der Waals surface area contributed by atoms with Crippen LogP contribution in [0.4, 0.5) is 11.5 Å². The van der Waals surface area contributed by atoms with Crippen molar-refractivity contribution in [2.24, 2.45) is 10.8 Å². The fourth-order valence-electron chi connectivity index (χ4n) is 3.03. The Hall–Kier alpha value is -5.47. The highest BCUT2D eigenvalue weighted by molar-refractivity contribution is 5.98. The van der Waals surface area contributed by atoms with Gasteiger partial charge in [0.25, 0.3) is 11.8 Å². The number of nitrogen functional groups attached to an aromatic ring is 1. The van der Waals surface area contributed by atoms with Crippen molar-refractivity contribution in [3.05, 3.63) is 65.0 Å². The molecular weight excluding hydrogens is 460 g/mol. The molecule has 8 N–H and O–H groups in total. The first-order valence-corrected chi connectivity index (χ1v) is 9.86. The molecular formula is C20H18N10O5. The lowest BCUT2D eigenvalue weighted by molar-refractivity contribution is 0.0947. The molecule has 4 aromatic rings. The molecule has 0 spiro atoms. The number of nitrogens with one attached hydrogen (secondary N) is 2. The maximum absolute atomic E-state index is 12.8. The SMILES string of the molecule is NC(=O)c1ccccc1NCc1c(C(=O)N/N=C\c2ccc(O)cc2O)nnn1-c1nonc1N. The number of anilines is 2. The predicted molar refractivity (Wildman–Crippen MR) is 121 cm³/mol. The zero-order valence-electron chi connectivity index (χ0n) is 17.8. The van der Waals surface area contributed by atoms with Gasteiger partial charge in [0.05, 0.1) is 24.0 Å². The number of hydrogen-bond donors (Lipinski definition) is 6. The quantitative estimate of drug-likeness (QED) is 0.147. The summed E-state index contributed by atoms with van der Waals surface area (Å²) in [6.07, 6.45) is 1.18. The van der Waals surface area contributed by atoms with Gasteiger partial charge in [-0.2, -0.15) is 9.78 Å². The van der Waals surface area contributed by atoms with E-state index in [0.29, 0.717) is 5.69 Å². The normalized spacial score (nSPS) is 11.0. The predicted octanol–water partition coefficient (Wildman–Crippen LogP) is 0.119. The van der Waals surface area contributed by atoms with Gasteiger partial charge in [0.15, 0.2) is 5.69 Å². The third kappa shape index (κ3) is 4.82. The van der Waals surface area contributed by atoms with E-state index in [1.807, 2.05) is 0 Å². The Kier molecular flexibility index (Phi) is 6.21. The van der Waals surface area contributed by atoms with Gasteiger partial charge in [0.1, 0.15) is 11.5 Å². The smallest absolute Gasteiger partial charge is 0.293 e. The summed E-state index contributed by atoms with van der Waals surface area (Å²) in [5.41, 5.74) is 14.4. The highest BCUT2D eigenvalue weighted by atomic mass is 16.6. The van der Waals surface area contributed by atoms with Crippen molar-refractivity contribution in [2.45, 2.75) is 6.54 Å². The van der Waals surface area contributed by atoms with Crippen LogP contribution in [0.15, 0.2) is 52.2 Å². The molecule has 4 rings (SSSR count). The fourth-order valence-corrected chi connectivity index (χ4v) is 3.03. The lowest BCUT2D eigenvalue weighted by atomic mass is 10.1. The third-order valence-electron chi connectivity index (χ3n) is 4.70. The fraction of sp³-hybridized carbons (Fsp3) is 0.0500. The number of nitrogens with zero attached hydrogens (tertiary/aromatic N) is 6. The van der Waals surface area contributed by atoms with Crippen molar-refractivity contribution in [3.63, 3.8) is 0 Å². The summed E-state index contributed by atoms with van der Waals surface area (Å²) in [6.45, 7) is -0.0607. The molecule has 0 saturated heterocycles. The number of hydrazone groups is 1. The van der Waals surface area contributed by atoms with Gasteiger partial charge in [-0.1, -0.05) is 17.3 Å². The molecule has 0 aliphatic carbocycles. The molecule has 0 atom stereocenters. The van der Waals surface area contributed by atoms with E-state index in [1.54, 1.807) is 24.3 Å². The Balaban J connectivity index is 1.61. The average Bonchev–Trinajstić information content (AvgIpc) is 3.44. The van der Waals surface area contributed by atoms with Gasteiger partial charge in [-0.3, -0.25) is 9.59 Å². The lowest BCUT2D eigenvalue weighted by Gasteiger charge is -2.11. The van der Waals surface area contributed by atoms with Gasteiger partial charge in [-0.05, 0) is 34.6 Å². The molecule has 15 nitrogen and oxygen atoms in total. The summed E-state index contributed by atoms with van der Waals surface area (Å²) in [6, 6.07) is 10.4. The number of carbonyl (C=O) groups is 2. The summed E-state index contributed by atoms with van der Waals surface area (Å²) in [7, 11) is 0. The second-order valence-electron chi connectivity index (χ2n) is 6.98. The molecule has 0 radical (unpaired) electrons. The highest BCUT2D eigenvalue weighted by Gasteiger charge is 2.24. The molecule has 2 amide bonds. The minimum atomic E-state index is -0.749. The first-order valence-electron chi connectivity index (χ1n) is 9.86. The topological polar surface area (TPSA) is 233 Å². The van der Waals surface area contributed by atoms with Gasteiger partial charge in [0, 0.05) is 17.3 Å². The van der Waals surface area contributed by atoms with Crippen molar-refractivity contribution in [1.29, 1.82) is 0 Å². The molecule has 0 aliphatic heterocycles. The molecule has 15 heteroatoms. The Morgan fingerprint density at radius 1 is 1.17 bits per heavy atom. The number of aromatic hydroxyl groups is 2. The monoisotopic (exact) mass is 478 g/mol. The number of carbonyl (C=O) groups excluding carboxylic acids is 2. The van der Waals surface area contributed by atoms with Crippen LogP contribution in [0.2, 0.25) is 0 Å². The van der Waals surface area contributed by atoms with E-state index in [4.69, 9.17) is 11.5 Å². The average molecular weight is 478 g/mol. The Morgan fingerprint density at radius 2 is 1.97 bits per heavy atom. The largest absolute Gasteiger partial charge is 0.508 e. The van der Waals surface area contributed by atoms with Crippen molar-refractivity contribution in [2.75, 3.05) is 11.1 Å². The summed E-state index contributed by atoms with van der Waals surface area (Å²) < 4.78 is 5.76. The van der Waals surface area contributed by atoms with Crippen LogP contribution in [0.3, 0.4) is 0 Å². The van der Waals surface area contributed by atoms with Crippen LogP contribution in [0.1, 0.15) is 32.1 Å². The Morgan fingerprint density at radius 3 is 2.69 bits per heavy atom. The maximum Gasteiger partial charge on any atom is 0.293 e. The number of para-hydroxylation sites is 1. The van der Waals surface area contributed by atoms with Crippen LogP contribution in [-0.2, 0) is 6.54 Å². The standard InChI is InChI=1S/C20H18N10O5/c21-17-19(28-35-27-17)30-14(9-23-13-4-2-1-3-12(13)18(22)33)16(25-29-30)20(34)26-24-8-10-5-6-11(31)7-15(10)32/h1-8,23,31-32H,9H2,(H2,21,27)(H2,22,33)(H,26,34)/b24-8-. The van der Waals surface area contributed by atoms with Gasteiger partial charge in [-0.15, -0.1) is 5.10 Å². The van der Waals surface area contributed by atoms with Gasteiger partial charge >= 0.3 is 0 Å². The van der Waals surface area contributed by atoms with E-state index >= 15 is 0 Å². The summed E-state index contributed by atoms with van der Waals surface area (Å²) in [5, 5.41) is 41.0. The molecule has 0 saturated carbocycles. The summed E-state index contributed by atoms with van der Waals surface area (Å²) >= 11 is 0. The molecule has 2 aromatic heterocycles. The maximum atomic E-state index is 12.8. The number of hydrogen-bond acceptors (Lipinski definition) is 12. The van der Waals surface area contributed by atoms with Crippen LogP contribution in [0.5, 0.6) is 11.5 Å². The second-order valence-corrected chi connectivity index (χ2v) is 6.98. The van der Waals surface area contributed by atoms with Crippen molar-refractivity contribution in [3.8, 4) is 17.3 Å². The van der Waals surface area contributed by atoms with Crippen molar-refractivity contribution in [1.82, 2.24) is 30.7 Å². The Bertz CT molecular complexity index is 1430. The number of nitrogens with two attached hydrogens (primary N) is 2. The van der Waals surface area contributed by atoms with Crippen LogP contribution >= 0.6 is 0 Å².